The fourth-order valence-corrected chi connectivity index (χ4v) is 4.56. The zero-order valence-corrected chi connectivity index (χ0v) is 18.8. The van der Waals surface area contributed by atoms with Crippen molar-refractivity contribution in [2.24, 2.45) is 11.8 Å². The van der Waals surface area contributed by atoms with Gasteiger partial charge in [0.1, 0.15) is 6.61 Å². The highest BCUT2D eigenvalue weighted by Gasteiger charge is 2.43. The number of carboxylic acid groups (broad SMARTS) is 1. The molecule has 1 unspecified atom stereocenters. The number of benzene rings is 2. The van der Waals surface area contributed by atoms with Crippen LogP contribution in [0.15, 0.2) is 48.5 Å². The third kappa shape index (κ3) is 5.41. The van der Waals surface area contributed by atoms with E-state index in [9.17, 15) is 27.6 Å². The van der Waals surface area contributed by atoms with Gasteiger partial charge in [-0.05, 0) is 28.7 Å². The Morgan fingerprint density at radius 3 is 2.14 bits per heavy atom. The zero-order valence-electron chi connectivity index (χ0n) is 18.8. The monoisotopic (exact) mass is 490 g/mol. The first kappa shape index (κ1) is 24.6. The summed E-state index contributed by atoms with van der Waals surface area (Å²) in [5.41, 5.74) is 4.17. The van der Waals surface area contributed by atoms with Crippen LogP contribution in [0.1, 0.15) is 29.9 Å². The maximum Gasteiger partial charge on any atom is 0.407 e. The van der Waals surface area contributed by atoms with Gasteiger partial charge in [0.15, 0.2) is 0 Å². The minimum absolute atomic E-state index is 0.0424. The Kier molecular flexibility index (Phi) is 7.00. The molecule has 1 atom stereocenters. The molecule has 1 fully saturated rings. The second-order valence-electron chi connectivity index (χ2n) is 8.82. The van der Waals surface area contributed by atoms with E-state index in [0.717, 1.165) is 27.2 Å². The molecule has 0 spiro atoms. The van der Waals surface area contributed by atoms with Crippen molar-refractivity contribution in [2.75, 3.05) is 26.2 Å². The summed E-state index contributed by atoms with van der Waals surface area (Å²) in [6.45, 7) is -0.444. The fourth-order valence-electron chi connectivity index (χ4n) is 4.56. The van der Waals surface area contributed by atoms with Gasteiger partial charge < -0.3 is 20.1 Å². The van der Waals surface area contributed by atoms with Crippen molar-refractivity contribution in [3.8, 4) is 11.1 Å². The number of ether oxygens (including phenoxy) is 1. The highest BCUT2D eigenvalue weighted by atomic mass is 19.4. The molecule has 2 aliphatic rings. The summed E-state index contributed by atoms with van der Waals surface area (Å²) in [4.78, 5) is 36.2. The summed E-state index contributed by atoms with van der Waals surface area (Å²) in [6.07, 6.45) is -6.74. The van der Waals surface area contributed by atoms with E-state index in [1.54, 1.807) is 0 Å². The second-order valence-corrected chi connectivity index (χ2v) is 8.82. The first-order valence-corrected chi connectivity index (χ1v) is 11.3. The van der Waals surface area contributed by atoms with Crippen molar-refractivity contribution in [1.82, 2.24) is 10.2 Å². The lowest BCUT2D eigenvalue weighted by atomic mass is 9.95. The summed E-state index contributed by atoms with van der Waals surface area (Å²) in [5, 5.41) is 11.2. The van der Waals surface area contributed by atoms with E-state index in [1.807, 2.05) is 48.5 Å². The Hall–Kier alpha value is -3.56. The van der Waals surface area contributed by atoms with Gasteiger partial charge in [0.2, 0.25) is 5.91 Å². The SMILES string of the molecule is O=C(NCCC(CC(=O)N1CC(C(=O)O)C1)C(F)(F)F)OCC1c2ccccc2-c2ccccc21. The van der Waals surface area contributed by atoms with Crippen LogP contribution in [0.3, 0.4) is 0 Å². The topological polar surface area (TPSA) is 95.9 Å². The van der Waals surface area contributed by atoms with Gasteiger partial charge >= 0.3 is 18.2 Å². The zero-order chi connectivity index (χ0) is 25.2. The normalized spacial score (nSPS) is 16.1. The molecule has 0 aromatic heterocycles. The van der Waals surface area contributed by atoms with Crippen molar-refractivity contribution in [1.29, 1.82) is 0 Å². The van der Waals surface area contributed by atoms with Crippen molar-refractivity contribution >= 4 is 18.0 Å². The Morgan fingerprint density at radius 2 is 1.60 bits per heavy atom. The van der Waals surface area contributed by atoms with Crippen molar-refractivity contribution in [3.63, 3.8) is 0 Å². The minimum Gasteiger partial charge on any atom is -0.481 e. The van der Waals surface area contributed by atoms with E-state index in [1.165, 1.54) is 0 Å². The molecule has 7 nitrogen and oxygen atoms in total. The Labute approximate surface area is 199 Å². The summed E-state index contributed by atoms with van der Waals surface area (Å²) in [7, 11) is 0. The van der Waals surface area contributed by atoms with E-state index in [2.05, 4.69) is 5.32 Å². The molecule has 4 rings (SSSR count). The number of nitrogens with one attached hydrogen (secondary N) is 1. The first-order valence-electron chi connectivity index (χ1n) is 11.3. The third-order valence-electron chi connectivity index (χ3n) is 6.57. The average Bonchev–Trinajstić information content (AvgIpc) is 3.09. The summed E-state index contributed by atoms with van der Waals surface area (Å²) >= 11 is 0. The van der Waals surface area contributed by atoms with E-state index in [0.29, 0.717) is 0 Å². The maximum atomic E-state index is 13.4. The average molecular weight is 490 g/mol. The second kappa shape index (κ2) is 9.97. The van der Waals surface area contributed by atoms with Gasteiger partial charge in [-0.15, -0.1) is 0 Å². The van der Waals surface area contributed by atoms with Gasteiger partial charge in [0, 0.05) is 32.0 Å². The maximum absolute atomic E-state index is 13.4. The molecule has 2 aromatic rings. The molecule has 35 heavy (non-hydrogen) atoms. The van der Waals surface area contributed by atoms with E-state index < -0.39 is 48.8 Å². The highest BCUT2D eigenvalue weighted by molar-refractivity contribution is 5.81. The number of amides is 2. The number of nitrogens with zero attached hydrogens (tertiary/aromatic N) is 1. The van der Waals surface area contributed by atoms with Crippen LogP contribution in [0.4, 0.5) is 18.0 Å². The predicted octanol–water partition coefficient (Wildman–Crippen LogP) is 4.03. The smallest absolute Gasteiger partial charge is 0.407 e. The molecule has 1 heterocycles. The lowest BCUT2D eigenvalue weighted by molar-refractivity contribution is -0.184. The molecule has 2 N–H and O–H groups in total. The number of rotatable bonds is 8. The number of halogens is 3. The Balaban J connectivity index is 1.27. The standard InChI is InChI=1S/C25H25F3N2O5/c26-25(27,28)16(11-22(31)30-12-15(13-30)23(32)33)9-10-29-24(34)35-14-21-19-7-3-1-5-17(19)18-6-2-4-8-20(18)21/h1-8,15-16,21H,9-14H2,(H,29,34)(H,32,33). The van der Waals surface area contributed by atoms with Gasteiger partial charge in [0.25, 0.3) is 0 Å². The van der Waals surface area contributed by atoms with Crippen molar-refractivity contribution in [3.05, 3.63) is 59.7 Å². The highest BCUT2D eigenvalue weighted by Crippen LogP contribution is 2.44. The molecule has 2 amide bonds. The number of fused-ring (bicyclic) bond motifs is 3. The van der Waals surface area contributed by atoms with Crippen molar-refractivity contribution in [2.45, 2.75) is 24.9 Å². The number of alkyl halides is 3. The molecule has 0 saturated carbocycles. The molecule has 1 saturated heterocycles. The van der Waals surface area contributed by atoms with Gasteiger partial charge in [-0.2, -0.15) is 13.2 Å². The van der Waals surface area contributed by atoms with Crippen LogP contribution in [-0.2, 0) is 14.3 Å². The molecule has 0 bridgehead atoms. The number of aliphatic carboxylic acids is 1. The molecule has 1 aliphatic heterocycles. The largest absolute Gasteiger partial charge is 0.481 e. The first-order chi connectivity index (χ1) is 16.6. The van der Waals surface area contributed by atoms with Gasteiger partial charge in [-0.25, -0.2) is 4.79 Å². The lowest BCUT2D eigenvalue weighted by Gasteiger charge is -2.37. The Bertz CT molecular complexity index is 1070. The lowest BCUT2D eigenvalue weighted by Crippen LogP contribution is -2.53. The van der Waals surface area contributed by atoms with E-state index in [-0.39, 0.29) is 32.2 Å². The molecule has 2 aromatic carbocycles. The number of alkyl carbamates (subject to hydrolysis) is 1. The molecular weight excluding hydrogens is 465 g/mol. The number of carbonyl (C=O) groups is 3. The van der Waals surface area contributed by atoms with E-state index in [4.69, 9.17) is 9.84 Å². The fraction of sp³-hybridized carbons (Fsp3) is 0.400. The summed E-state index contributed by atoms with van der Waals surface area (Å²) in [5.74, 6) is -4.68. The number of hydrogen-bond acceptors (Lipinski definition) is 4. The van der Waals surface area contributed by atoms with Crippen LogP contribution in [0.2, 0.25) is 0 Å². The number of carbonyl (C=O) groups excluding carboxylic acids is 2. The number of likely N-dealkylation sites (tertiary alicyclic amines) is 1. The Morgan fingerprint density at radius 1 is 1.03 bits per heavy atom. The van der Waals surface area contributed by atoms with Crippen LogP contribution in [-0.4, -0.2) is 60.4 Å². The van der Waals surface area contributed by atoms with Crippen molar-refractivity contribution < 1.29 is 37.4 Å². The van der Waals surface area contributed by atoms with E-state index >= 15 is 0 Å². The van der Waals surface area contributed by atoms with Crippen LogP contribution in [0, 0.1) is 11.8 Å². The molecule has 0 radical (unpaired) electrons. The minimum atomic E-state index is -4.63. The number of carboxylic acids is 1. The molecule has 10 heteroatoms. The molecular formula is C25H25F3N2O5. The summed E-state index contributed by atoms with van der Waals surface area (Å²) < 4.78 is 45.6. The quantitative estimate of drug-likeness (QED) is 0.583. The summed E-state index contributed by atoms with van der Waals surface area (Å²) in [6, 6.07) is 15.6. The van der Waals surface area contributed by atoms with Crippen LogP contribution >= 0.6 is 0 Å². The third-order valence-corrected chi connectivity index (χ3v) is 6.57. The van der Waals surface area contributed by atoms with Crippen LogP contribution < -0.4 is 5.32 Å². The van der Waals surface area contributed by atoms with Gasteiger partial charge in [0.05, 0.1) is 11.8 Å². The molecule has 1 aliphatic carbocycles. The van der Waals surface area contributed by atoms with Crippen LogP contribution in [0.5, 0.6) is 0 Å². The van der Waals surface area contributed by atoms with Gasteiger partial charge in [-0.1, -0.05) is 48.5 Å². The number of hydrogen-bond donors (Lipinski definition) is 2. The predicted molar refractivity (Wildman–Crippen MR) is 120 cm³/mol. The molecule has 186 valence electrons. The van der Waals surface area contributed by atoms with Gasteiger partial charge in [-0.3, -0.25) is 9.59 Å². The van der Waals surface area contributed by atoms with Crippen LogP contribution in [0.25, 0.3) is 11.1 Å².